The molecule has 264 valence electrons. The van der Waals surface area contributed by atoms with Crippen LogP contribution in [0.4, 0.5) is 5.69 Å². The number of hydrogen-bond acceptors (Lipinski definition) is 5. The molecular formula is C40H39Cl2N3O5S. The van der Waals surface area contributed by atoms with Crippen LogP contribution in [-0.2, 0) is 32.6 Å². The van der Waals surface area contributed by atoms with Gasteiger partial charge in [0.25, 0.3) is 10.0 Å². The lowest BCUT2D eigenvalue weighted by atomic mass is 10.0. The highest BCUT2D eigenvalue weighted by Gasteiger charge is 2.36. The molecule has 0 saturated carbocycles. The second-order valence-corrected chi connectivity index (χ2v) is 15.6. The van der Waals surface area contributed by atoms with Crippen LogP contribution in [0.3, 0.4) is 0 Å². The fraction of sp³-hybridized carbons (Fsp3) is 0.200. The van der Waals surface area contributed by atoms with Crippen molar-refractivity contribution in [2.45, 2.75) is 50.2 Å². The Labute approximate surface area is 309 Å². The molecule has 5 rings (SSSR count). The highest BCUT2D eigenvalue weighted by Crippen LogP contribution is 2.31. The summed E-state index contributed by atoms with van der Waals surface area (Å²) in [5.74, 6) is 0.0361. The first kappa shape index (κ1) is 37.4. The Balaban J connectivity index is 1.59. The summed E-state index contributed by atoms with van der Waals surface area (Å²) in [6.07, 6.45) is 0.146. The van der Waals surface area contributed by atoms with E-state index in [-0.39, 0.29) is 23.5 Å². The fourth-order valence-corrected chi connectivity index (χ4v) is 7.37. The Morgan fingerprint density at radius 2 is 1.25 bits per heavy atom. The number of halogens is 2. The fourth-order valence-electron chi connectivity index (χ4n) is 5.41. The quantitative estimate of drug-likeness (QED) is 0.130. The van der Waals surface area contributed by atoms with Crippen LogP contribution in [0.25, 0.3) is 0 Å². The van der Waals surface area contributed by atoms with Gasteiger partial charge in [-0.25, -0.2) is 8.42 Å². The minimum atomic E-state index is -4.28. The first-order valence-corrected chi connectivity index (χ1v) is 18.5. The zero-order chi connectivity index (χ0) is 36.6. The van der Waals surface area contributed by atoms with E-state index in [1.807, 2.05) is 69.3 Å². The third-order valence-corrected chi connectivity index (χ3v) is 10.4. The summed E-state index contributed by atoms with van der Waals surface area (Å²) in [6, 6.07) is 36.7. The third kappa shape index (κ3) is 9.91. The van der Waals surface area contributed by atoms with E-state index in [1.54, 1.807) is 72.8 Å². The van der Waals surface area contributed by atoms with E-state index in [0.29, 0.717) is 27.1 Å². The molecule has 2 amide bonds. The van der Waals surface area contributed by atoms with Crippen LogP contribution in [0.15, 0.2) is 138 Å². The molecule has 11 heteroatoms. The molecule has 0 aliphatic carbocycles. The van der Waals surface area contributed by atoms with Gasteiger partial charge in [0.1, 0.15) is 24.1 Å². The summed E-state index contributed by atoms with van der Waals surface area (Å²) in [4.78, 5) is 30.2. The molecule has 0 aromatic heterocycles. The maximum Gasteiger partial charge on any atom is 0.264 e. The molecule has 0 unspecified atom stereocenters. The molecule has 0 radical (unpaired) electrons. The number of ether oxygens (including phenoxy) is 1. The van der Waals surface area contributed by atoms with E-state index in [2.05, 4.69) is 5.32 Å². The van der Waals surface area contributed by atoms with Crippen LogP contribution in [-0.4, -0.2) is 43.3 Å². The SMILES string of the molecule is CC(C)(C)NC(=O)[C@H](Cc1ccccc1)N(Cc1c(Cl)cccc1Cl)C(=O)CN(c1ccc(Oc2ccccc2)cc1)S(=O)(=O)c1ccccc1. The van der Waals surface area contributed by atoms with Gasteiger partial charge in [0.2, 0.25) is 11.8 Å². The minimum absolute atomic E-state index is 0.00517. The normalized spacial score (nSPS) is 12.1. The molecule has 0 aliphatic heterocycles. The van der Waals surface area contributed by atoms with Gasteiger partial charge >= 0.3 is 0 Å². The van der Waals surface area contributed by atoms with Gasteiger partial charge in [-0.05, 0) is 87.0 Å². The zero-order valence-corrected chi connectivity index (χ0v) is 30.8. The van der Waals surface area contributed by atoms with Crippen LogP contribution < -0.4 is 14.4 Å². The van der Waals surface area contributed by atoms with Gasteiger partial charge in [0, 0.05) is 34.1 Å². The van der Waals surface area contributed by atoms with E-state index in [4.69, 9.17) is 27.9 Å². The Hall–Kier alpha value is -4.83. The van der Waals surface area contributed by atoms with E-state index in [9.17, 15) is 18.0 Å². The predicted molar refractivity (Wildman–Crippen MR) is 203 cm³/mol. The van der Waals surface area contributed by atoms with Gasteiger partial charge < -0.3 is 15.0 Å². The summed E-state index contributed by atoms with van der Waals surface area (Å²) in [6.45, 7) is 4.75. The molecule has 0 fully saturated rings. The van der Waals surface area contributed by atoms with Crippen molar-refractivity contribution in [2.24, 2.45) is 0 Å². The summed E-state index contributed by atoms with van der Waals surface area (Å²) in [5.41, 5.74) is 0.824. The number of hydrogen-bond donors (Lipinski definition) is 1. The molecule has 0 aliphatic rings. The van der Waals surface area contributed by atoms with Crippen LogP contribution in [0.1, 0.15) is 31.9 Å². The smallest absolute Gasteiger partial charge is 0.264 e. The van der Waals surface area contributed by atoms with Gasteiger partial charge in [-0.3, -0.25) is 13.9 Å². The monoisotopic (exact) mass is 743 g/mol. The number of para-hydroxylation sites is 1. The second kappa shape index (κ2) is 16.5. The Kier molecular flexibility index (Phi) is 12.1. The molecule has 1 atom stereocenters. The number of nitrogens with zero attached hydrogens (tertiary/aromatic N) is 2. The van der Waals surface area contributed by atoms with Gasteiger partial charge in [0.05, 0.1) is 10.6 Å². The Morgan fingerprint density at radius 1 is 0.725 bits per heavy atom. The largest absolute Gasteiger partial charge is 0.457 e. The van der Waals surface area contributed by atoms with Gasteiger partial charge in [-0.2, -0.15) is 0 Å². The van der Waals surface area contributed by atoms with Crippen molar-refractivity contribution < 1.29 is 22.7 Å². The number of amides is 2. The van der Waals surface area contributed by atoms with E-state index < -0.39 is 40.0 Å². The number of sulfonamides is 1. The van der Waals surface area contributed by atoms with Crippen LogP contribution in [0, 0.1) is 0 Å². The minimum Gasteiger partial charge on any atom is -0.457 e. The molecule has 0 bridgehead atoms. The van der Waals surface area contributed by atoms with Crippen molar-refractivity contribution in [1.82, 2.24) is 10.2 Å². The molecule has 1 N–H and O–H groups in total. The Morgan fingerprint density at radius 3 is 1.82 bits per heavy atom. The lowest BCUT2D eigenvalue weighted by Gasteiger charge is -2.35. The van der Waals surface area contributed by atoms with Crippen molar-refractivity contribution in [2.75, 3.05) is 10.8 Å². The van der Waals surface area contributed by atoms with Gasteiger partial charge in [-0.15, -0.1) is 0 Å². The Bertz CT molecular complexity index is 2020. The highest BCUT2D eigenvalue weighted by atomic mass is 35.5. The number of rotatable bonds is 13. The van der Waals surface area contributed by atoms with E-state index in [0.717, 1.165) is 9.87 Å². The molecule has 0 saturated heterocycles. The first-order chi connectivity index (χ1) is 24.3. The van der Waals surface area contributed by atoms with Crippen molar-refractivity contribution in [3.8, 4) is 11.5 Å². The van der Waals surface area contributed by atoms with Crippen LogP contribution >= 0.6 is 23.2 Å². The number of carbonyl (C=O) groups is 2. The van der Waals surface area contributed by atoms with E-state index in [1.165, 1.54) is 17.0 Å². The number of anilines is 1. The van der Waals surface area contributed by atoms with Crippen LogP contribution in [0.2, 0.25) is 10.0 Å². The lowest BCUT2D eigenvalue weighted by molar-refractivity contribution is -0.140. The molecule has 5 aromatic carbocycles. The lowest BCUT2D eigenvalue weighted by Crippen LogP contribution is -2.56. The average molecular weight is 745 g/mol. The second-order valence-electron chi connectivity index (χ2n) is 12.9. The molecule has 8 nitrogen and oxygen atoms in total. The molecule has 0 heterocycles. The van der Waals surface area contributed by atoms with Crippen molar-refractivity contribution >= 4 is 50.7 Å². The average Bonchev–Trinajstić information content (AvgIpc) is 3.10. The molecular weight excluding hydrogens is 705 g/mol. The summed E-state index contributed by atoms with van der Waals surface area (Å²) < 4.78 is 35.6. The number of carbonyl (C=O) groups excluding carboxylic acids is 2. The van der Waals surface area contributed by atoms with Crippen molar-refractivity contribution in [3.63, 3.8) is 0 Å². The van der Waals surface area contributed by atoms with Crippen LogP contribution in [0.5, 0.6) is 11.5 Å². The third-order valence-electron chi connectivity index (χ3n) is 7.87. The topological polar surface area (TPSA) is 96.0 Å². The predicted octanol–water partition coefficient (Wildman–Crippen LogP) is 8.54. The first-order valence-electron chi connectivity index (χ1n) is 16.3. The maximum atomic E-state index is 14.8. The van der Waals surface area contributed by atoms with Gasteiger partial charge in [0.15, 0.2) is 0 Å². The standard InChI is InChI=1S/C40H39Cl2N3O5S/c1-40(2,3)43-39(47)37(26-29-14-7-4-8-15-29)44(27-34-35(41)20-13-21-36(34)42)38(46)28-45(51(48,49)33-18-11-6-12-19-33)30-22-24-32(25-23-30)50-31-16-9-5-10-17-31/h4-25,37H,26-28H2,1-3H3,(H,43,47)/t37-/m0/s1. The summed E-state index contributed by atoms with van der Waals surface area (Å²) in [7, 11) is -4.28. The number of benzene rings is 5. The van der Waals surface area contributed by atoms with E-state index >= 15 is 0 Å². The maximum absolute atomic E-state index is 14.8. The van der Waals surface area contributed by atoms with Crippen molar-refractivity contribution in [3.05, 3.63) is 155 Å². The molecule has 5 aromatic rings. The highest BCUT2D eigenvalue weighted by molar-refractivity contribution is 7.92. The summed E-state index contributed by atoms with van der Waals surface area (Å²) in [5, 5.41) is 3.62. The van der Waals surface area contributed by atoms with Crippen molar-refractivity contribution in [1.29, 1.82) is 0 Å². The number of nitrogens with one attached hydrogen (secondary N) is 1. The summed E-state index contributed by atoms with van der Waals surface area (Å²) >= 11 is 13.2. The molecule has 51 heavy (non-hydrogen) atoms. The zero-order valence-electron chi connectivity index (χ0n) is 28.5. The van der Waals surface area contributed by atoms with Gasteiger partial charge in [-0.1, -0.05) is 96.0 Å². The molecule has 0 spiro atoms.